The summed E-state index contributed by atoms with van der Waals surface area (Å²) in [5, 5.41) is 0. The van der Waals surface area contributed by atoms with Gasteiger partial charge >= 0.3 is 0 Å². The van der Waals surface area contributed by atoms with Gasteiger partial charge in [-0.3, -0.25) is 4.79 Å². The van der Waals surface area contributed by atoms with Crippen molar-refractivity contribution in [2.75, 3.05) is 19.8 Å². The lowest BCUT2D eigenvalue weighted by Gasteiger charge is -2.19. The van der Waals surface area contributed by atoms with Gasteiger partial charge in [0.25, 0.3) is 6.43 Å². The van der Waals surface area contributed by atoms with E-state index in [2.05, 4.69) is 0 Å². The molecule has 1 heterocycles. The summed E-state index contributed by atoms with van der Waals surface area (Å²) in [7, 11) is 0. The molecule has 0 bridgehead atoms. The minimum atomic E-state index is -2.50. The number of benzene rings is 1. The summed E-state index contributed by atoms with van der Waals surface area (Å²) in [4.78, 5) is 12.0. The average molecular weight is 270 g/mol. The number of aryl methyl sites for hydroxylation is 1. The van der Waals surface area contributed by atoms with Crippen LogP contribution in [-0.4, -0.2) is 32.0 Å². The van der Waals surface area contributed by atoms with Gasteiger partial charge in [-0.25, -0.2) is 8.78 Å². The molecule has 0 saturated heterocycles. The maximum atomic E-state index is 12.0. The number of hydrogen-bond acceptors (Lipinski definition) is 3. The zero-order valence-corrected chi connectivity index (χ0v) is 10.5. The van der Waals surface area contributed by atoms with Crippen LogP contribution in [0.15, 0.2) is 18.2 Å². The number of ketones is 1. The summed E-state index contributed by atoms with van der Waals surface area (Å²) in [5.41, 5.74) is 1.56. The van der Waals surface area contributed by atoms with Crippen molar-refractivity contribution in [3.8, 4) is 5.75 Å². The predicted molar refractivity (Wildman–Crippen MR) is 66.0 cm³/mol. The largest absolute Gasteiger partial charge is 0.493 e. The minimum Gasteiger partial charge on any atom is -0.493 e. The van der Waals surface area contributed by atoms with Crippen LogP contribution in [-0.2, 0) is 11.2 Å². The first-order valence-electron chi connectivity index (χ1n) is 6.32. The molecule has 2 rings (SSSR count). The molecule has 0 saturated carbocycles. The molecule has 5 heteroatoms. The van der Waals surface area contributed by atoms with Gasteiger partial charge in [-0.2, -0.15) is 0 Å². The highest BCUT2D eigenvalue weighted by Gasteiger charge is 2.18. The van der Waals surface area contributed by atoms with Crippen molar-refractivity contribution >= 4 is 5.78 Å². The molecule has 0 atom stereocenters. The van der Waals surface area contributed by atoms with E-state index in [1.165, 1.54) is 0 Å². The van der Waals surface area contributed by atoms with Gasteiger partial charge in [0.2, 0.25) is 0 Å². The standard InChI is InChI=1S/C14H16F2O3/c15-13(16)9-18-8-6-12(17)11-5-1-3-10-4-2-7-19-14(10)11/h1,3,5,13H,2,4,6-9H2. The second kappa shape index (κ2) is 6.61. The fourth-order valence-electron chi connectivity index (χ4n) is 2.08. The number of Topliss-reactive ketones (excluding diaryl/α,β-unsaturated/α-hetero) is 1. The lowest BCUT2D eigenvalue weighted by molar-refractivity contribution is 0.0169. The molecule has 0 amide bonds. The smallest absolute Gasteiger partial charge is 0.261 e. The van der Waals surface area contributed by atoms with Crippen LogP contribution in [0.4, 0.5) is 8.78 Å². The summed E-state index contributed by atoms with van der Waals surface area (Å²) < 4.78 is 34.0. The Morgan fingerprint density at radius 3 is 3.05 bits per heavy atom. The molecule has 0 aromatic heterocycles. The number of ether oxygens (including phenoxy) is 2. The van der Waals surface area contributed by atoms with Gasteiger partial charge in [0.05, 0.1) is 18.8 Å². The zero-order valence-electron chi connectivity index (χ0n) is 10.5. The fourth-order valence-corrected chi connectivity index (χ4v) is 2.08. The van der Waals surface area contributed by atoms with Crippen molar-refractivity contribution in [2.45, 2.75) is 25.7 Å². The molecule has 0 radical (unpaired) electrons. The van der Waals surface area contributed by atoms with E-state index >= 15 is 0 Å². The monoisotopic (exact) mass is 270 g/mol. The summed E-state index contributed by atoms with van der Waals surface area (Å²) in [5.74, 6) is 0.514. The number of para-hydroxylation sites is 1. The number of carbonyl (C=O) groups is 1. The molecular weight excluding hydrogens is 254 g/mol. The fraction of sp³-hybridized carbons (Fsp3) is 0.500. The van der Waals surface area contributed by atoms with Crippen LogP contribution in [0.25, 0.3) is 0 Å². The van der Waals surface area contributed by atoms with Gasteiger partial charge in [0, 0.05) is 6.42 Å². The van der Waals surface area contributed by atoms with Gasteiger partial charge in [-0.15, -0.1) is 0 Å². The van der Waals surface area contributed by atoms with Crippen molar-refractivity contribution in [2.24, 2.45) is 0 Å². The first kappa shape index (κ1) is 13.9. The maximum Gasteiger partial charge on any atom is 0.261 e. The normalized spacial score (nSPS) is 14.1. The molecule has 104 valence electrons. The quantitative estimate of drug-likeness (QED) is 0.589. The SMILES string of the molecule is O=C(CCOCC(F)F)c1cccc2c1OCCC2. The Labute approximate surface area is 110 Å². The third kappa shape index (κ3) is 3.73. The Morgan fingerprint density at radius 2 is 2.26 bits per heavy atom. The molecule has 0 N–H and O–H groups in total. The van der Waals surface area contributed by atoms with Gasteiger partial charge in [0.15, 0.2) is 5.78 Å². The Morgan fingerprint density at radius 1 is 1.42 bits per heavy atom. The van der Waals surface area contributed by atoms with Crippen molar-refractivity contribution in [3.63, 3.8) is 0 Å². The van der Waals surface area contributed by atoms with E-state index in [1.807, 2.05) is 12.1 Å². The lowest BCUT2D eigenvalue weighted by Crippen LogP contribution is -2.14. The highest BCUT2D eigenvalue weighted by molar-refractivity contribution is 5.99. The molecule has 0 spiro atoms. The van der Waals surface area contributed by atoms with Crippen LogP contribution in [0.5, 0.6) is 5.75 Å². The first-order valence-corrected chi connectivity index (χ1v) is 6.32. The number of alkyl halides is 2. The minimum absolute atomic E-state index is 0.00679. The Balaban J connectivity index is 1.95. The highest BCUT2D eigenvalue weighted by atomic mass is 19.3. The molecular formula is C14H16F2O3. The van der Waals surface area contributed by atoms with E-state index in [-0.39, 0.29) is 18.8 Å². The number of fused-ring (bicyclic) bond motifs is 1. The second-order valence-electron chi connectivity index (χ2n) is 4.39. The summed E-state index contributed by atoms with van der Waals surface area (Å²) >= 11 is 0. The van der Waals surface area contributed by atoms with Crippen molar-refractivity contribution in [1.29, 1.82) is 0 Å². The zero-order chi connectivity index (χ0) is 13.7. The van der Waals surface area contributed by atoms with Crippen LogP contribution in [0.2, 0.25) is 0 Å². The van der Waals surface area contributed by atoms with Gasteiger partial charge in [-0.05, 0) is 24.5 Å². The van der Waals surface area contributed by atoms with Crippen LogP contribution >= 0.6 is 0 Å². The van der Waals surface area contributed by atoms with E-state index in [1.54, 1.807) is 6.07 Å². The molecule has 3 nitrogen and oxygen atoms in total. The molecule has 1 aromatic rings. The molecule has 1 aliphatic heterocycles. The average Bonchev–Trinajstić information content (AvgIpc) is 2.42. The third-order valence-corrected chi connectivity index (χ3v) is 2.95. The van der Waals surface area contributed by atoms with Crippen molar-refractivity contribution < 1.29 is 23.0 Å². The molecule has 0 aliphatic carbocycles. The van der Waals surface area contributed by atoms with Gasteiger partial charge in [0.1, 0.15) is 12.4 Å². The lowest BCUT2D eigenvalue weighted by atomic mass is 9.99. The number of carbonyl (C=O) groups excluding carboxylic acids is 1. The molecule has 19 heavy (non-hydrogen) atoms. The van der Waals surface area contributed by atoms with E-state index in [0.29, 0.717) is 17.9 Å². The Bertz CT molecular complexity index is 446. The van der Waals surface area contributed by atoms with Gasteiger partial charge in [-0.1, -0.05) is 12.1 Å². The Kier molecular flexibility index (Phi) is 4.85. The van der Waals surface area contributed by atoms with Gasteiger partial charge < -0.3 is 9.47 Å². The summed E-state index contributed by atoms with van der Waals surface area (Å²) in [6, 6.07) is 5.47. The van der Waals surface area contributed by atoms with Crippen molar-refractivity contribution in [3.05, 3.63) is 29.3 Å². The van der Waals surface area contributed by atoms with Crippen LogP contribution < -0.4 is 4.74 Å². The van der Waals surface area contributed by atoms with E-state index in [0.717, 1.165) is 18.4 Å². The molecule has 0 unspecified atom stereocenters. The highest BCUT2D eigenvalue weighted by Crippen LogP contribution is 2.29. The summed E-state index contributed by atoms with van der Waals surface area (Å²) in [6.45, 7) is -0.0112. The first-order chi connectivity index (χ1) is 9.18. The molecule has 1 aromatic carbocycles. The predicted octanol–water partition coefficient (Wildman–Crippen LogP) is 2.87. The van der Waals surface area contributed by atoms with Crippen molar-refractivity contribution in [1.82, 2.24) is 0 Å². The number of halogens is 2. The molecule has 1 aliphatic rings. The maximum absolute atomic E-state index is 12.0. The molecule has 0 fully saturated rings. The van der Waals surface area contributed by atoms with E-state index in [9.17, 15) is 13.6 Å². The van der Waals surface area contributed by atoms with Crippen LogP contribution in [0.1, 0.15) is 28.8 Å². The topological polar surface area (TPSA) is 35.5 Å². The van der Waals surface area contributed by atoms with Crippen LogP contribution in [0.3, 0.4) is 0 Å². The summed E-state index contributed by atoms with van der Waals surface area (Å²) in [6.07, 6.45) is -0.560. The third-order valence-electron chi connectivity index (χ3n) is 2.95. The number of hydrogen-bond donors (Lipinski definition) is 0. The van der Waals surface area contributed by atoms with Crippen LogP contribution in [0, 0.1) is 0 Å². The Hall–Kier alpha value is -1.49. The number of rotatable bonds is 6. The van der Waals surface area contributed by atoms with E-state index < -0.39 is 13.0 Å². The van der Waals surface area contributed by atoms with E-state index in [4.69, 9.17) is 9.47 Å². The second-order valence-corrected chi connectivity index (χ2v) is 4.39.